The summed E-state index contributed by atoms with van der Waals surface area (Å²) in [6.45, 7) is 4.25. The minimum Gasteiger partial charge on any atom is -0.353 e. The molecule has 1 N–H and O–H groups in total. The van der Waals surface area contributed by atoms with Crippen molar-refractivity contribution in [2.24, 2.45) is 0 Å². The van der Waals surface area contributed by atoms with E-state index in [0.717, 1.165) is 24.8 Å². The number of carbonyl (C=O) groups is 1. The van der Waals surface area contributed by atoms with Crippen LogP contribution in [0.3, 0.4) is 0 Å². The van der Waals surface area contributed by atoms with Crippen molar-refractivity contribution in [2.75, 3.05) is 13.2 Å². The highest BCUT2D eigenvalue weighted by molar-refractivity contribution is 7.89. The van der Waals surface area contributed by atoms with Gasteiger partial charge in [0.15, 0.2) is 6.29 Å². The number of ketones is 1. The van der Waals surface area contributed by atoms with Gasteiger partial charge >= 0.3 is 0 Å². The highest BCUT2D eigenvalue weighted by Gasteiger charge is 2.23. The lowest BCUT2D eigenvalue weighted by atomic mass is 10.1. The predicted octanol–water partition coefficient (Wildman–Crippen LogP) is 2.55. The zero-order valence-corrected chi connectivity index (χ0v) is 15.7. The normalized spacial score (nSPS) is 19.5. The van der Waals surface area contributed by atoms with Crippen molar-refractivity contribution in [3.63, 3.8) is 0 Å². The summed E-state index contributed by atoms with van der Waals surface area (Å²) in [6, 6.07) is 6.19. The van der Waals surface area contributed by atoms with Crippen molar-refractivity contribution in [1.29, 1.82) is 0 Å². The molecule has 0 bridgehead atoms. The van der Waals surface area contributed by atoms with Gasteiger partial charge in [-0.25, -0.2) is 13.1 Å². The first kappa shape index (κ1) is 20.0. The quantitative estimate of drug-likeness (QED) is 0.723. The Morgan fingerprint density at radius 1 is 1.32 bits per heavy atom. The summed E-state index contributed by atoms with van der Waals surface area (Å²) in [5.41, 5.74) is 0.991. The highest BCUT2D eigenvalue weighted by atomic mass is 32.2. The number of benzene rings is 1. The largest absolute Gasteiger partial charge is 0.353 e. The first-order valence-corrected chi connectivity index (χ1v) is 10.2. The third-order valence-electron chi connectivity index (χ3n) is 4.12. The maximum absolute atomic E-state index is 12.6. The van der Waals surface area contributed by atoms with Gasteiger partial charge in [0.05, 0.1) is 11.5 Å². The fourth-order valence-electron chi connectivity index (χ4n) is 2.62. The number of ether oxygens (including phenoxy) is 2. The van der Waals surface area contributed by atoms with E-state index in [1.807, 2.05) is 6.92 Å². The molecule has 7 heteroatoms. The van der Waals surface area contributed by atoms with E-state index in [1.165, 1.54) is 6.92 Å². The zero-order chi connectivity index (χ0) is 18.3. The molecule has 0 saturated carbocycles. The third-order valence-corrected chi connectivity index (χ3v) is 5.66. The molecule has 0 aliphatic carbocycles. The maximum Gasteiger partial charge on any atom is 0.240 e. The lowest BCUT2D eigenvalue weighted by Crippen LogP contribution is -2.40. The molecule has 0 radical (unpaired) electrons. The number of aryl methyl sites for hydroxylation is 1. The molecule has 0 aromatic heterocycles. The van der Waals surface area contributed by atoms with Crippen LogP contribution in [0.2, 0.25) is 0 Å². The molecule has 2 atom stereocenters. The summed E-state index contributed by atoms with van der Waals surface area (Å²) in [5, 5.41) is 0. The SMILES string of the molecule is CC(=O)CC[C@@H](COC1CCCCO1)NS(=O)(=O)c1ccc(C)cc1. The van der Waals surface area contributed by atoms with E-state index in [-0.39, 0.29) is 23.6 Å². The van der Waals surface area contributed by atoms with Crippen LogP contribution < -0.4 is 4.72 Å². The molecule has 0 spiro atoms. The molecule has 2 rings (SSSR count). The van der Waals surface area contributed by atoms with Gasteiger partial charge in [-0.3, -0.25) is 0 Å². The van der Waals surface area contributed by atoms with Gasteiger partial charge in [-0.05, 0) is 51.7 Å². The monoisotopic (exact) mass is 369 g/mol. The van der Waals surface area contributed by atoms with Crippen LogP contribution in [-0.2, 0) is 24.3 Å². The summed E-state index contributed by atoms with van der Waals surface area (Å²) < 4.78 is 39.0. The van der Waals surface area contributed by atoms with Crippen LogP contribution >= 0.6 is 0 Å². The van der Waals surface area contributed by atoms with Crippen LogP contribution in [0.5, 0.6) is 0 Å². The van der Waals surface area contributed by atoms with Crippen LogP contribution in [0, 0.1) is 6.92 Å². The molecular formula is C18H27NO5S. The van der Waals surface area contributed by atoms with Crippen molar-refractivity contribution in [1.82, 2.24) is 4.72 Å². The average Bonchev–Trinajstić information content (AvgIpc) is 2.58. The molecule has 25 heavy (non-hydrogen) atoms. The lowest BCUT2D eigenvalue weighted by molar-refractivity contribution is -0.165. The second kappa shape index (κ2) is 9.43. The van der Waals surface area contributed by atoms with Crippen LogP contribution in [0.4, 0.5) is 0 Å². The Kier molecular flexibility index (Phi) is 7.56. The maximum atomic E-state index is 12.6. The molecule has 1 saturated heterocycles. The van der Waals surface area contributed by atoms with Gasteiger partial charge in [0, 0.05) is 19.1 Å². The number of carbonyl (C=O) groups excluding carboxylic acids is 1. The molecule has 140 valence electrons. The van der Waals surface area contributed by atoms with E-state index in [2.05, 4.69) is 4.72 Å². The van der Waals surface area contributed by atoms with Crippen molar-refractivity contribution >= 4 is 15.8 Å². The molecule has 1 aromatic rings. The minimum absolute atomic E-state index is 0.0217. The Bertz CT molecular complexity index is 651. The van der Waals surface area contributed by atoms with Crippen molar-refractivity contribution in [3.05, 3.63) is 29.8 Å². The Morgan fingerprint density at radius 2 is 2.04 bits per heavy atom. The minimum atomic E-state index is -3.66. The van der Waals surface area contributed by atoms with E-state index in [9.17, 15) is 13.2 Å². The zero-order valence-electron chi connectivity index (χ0n) is 14.9. The fourth-order valence-corrected chi connectivity index (χ4v) is 3.88. The Labute approximate surface area is 150 Å². The van der Waals surface area contributed by atoms with Gasteiger partial charge in [0.25, 0.3) is 0 Å². The molecular weight excluding hydrogens is 342 g/mol. The van der Waals surface area contributed by atoms with E-state index < -0.39 is 16.1 Å². The molecule has 1 heterocycles. The molecule has 6 nitrogen and oxygen atoms in total. The fraction of sp³-hybridized carbons (Fsp3) is 0.611. The molecule has 1 aliphatic heterocycles. The smallest absolute Gasteiger partial charge is 0.240 e. The molecule has 1 unspecified atom stereocenters. The van der Waals surface area contributed by atoms with E-state index in [4.69, 9.17) is 9.47 Å². The van der Waals surface area contributed by atoms with Gasteiger partial charge in [-0.1, -0.05) is 17.7 Å². The van der Waals surface area contributed by atoms with Gasteiger partial charge in [-0.2, -0.15) is 0 Å². The van der Waals surface area contributed by atoms with Gasteiger partial charge in [0.2, 0.25) is 10.0 Å². The van der Waals surface area contributed by atoms with E-state index in [0.29, 0.717) is 19.4 Å². The van der Waals surface area contributed by atoms with E-state index in [1.54, 1.807) is 24.3 Å². The number of sulfonamides is 1. The second-order valence-electron chi connectivity index (χ2n) is 6.50. The van der Waals surface area contributed by atoms with Gasteiger partial charge in [-0.15, -0.1) is 0 Å². The van der Waals surface area contributed by atoms with Crippen LogP contribution in [0.25, 0.3) is 0 Å². The molecule has 1 aromatic carbocycles. The molecule has 0 amide bonds. The second-order valence-corrected chi connectivity index (χ2v) is 8.22. The molecule has 1 fully saturated rings. The summed E-state index contributed by atoms with van der Waals surface area (Å²) in [5.74, 6) is 0.0217. The number of nitrogens with one attached hydrogen (secondary N) is 1. The van der Waals surface area contributed by atoms with E-state index >= 15 is 0 Å². The number of rotatable bonds is 9. The predicted molar refractivity (Wildman–Crippen MR) is 94.7 cm³/mol. The highest BCUT2D eigenvalue weighted by Crippen LogP contribution is 2.16. The summed E-state index contributed by atoms with van der Waals surface area (Å²) in [7, 11) is -3.66. The number of hydrogen-bond donors (Lipinski definition) is 1. The molecule has 1 aliphatic rings. The average molecular weight is 369 g/mol. The van der Waals surface area contributed by atoms with Crippen molar-refractivity contribution < 1.29 is 22.7 Å². The van der Waals surface area contributed by atoms with Crippen molar-refractivity contribution in [2.45, 2.75) is 63.2 Å². The Morgan fingerprint density at radius 3 is 2.64 bits per heavy atom. The summed E-state index contributed by atoms with van der Waals surface area (Å²) in [6.07, 6.45) is 3.27. The Hall–Kier alpha value is -1.28. The third kappa shape index (κ3) is 6.86. The van der Waals surface area contributed by atoms with Gasteiger partial charge in [0.1, 0.15) is 5.78 Å². The number of hydrogen-bond acceptors (Lipinski definition) is 5. The topological polar surface area (TPSA) is 81.7 Å². The standard InChI is InChI=1S/C18H27NO5S/c1-14-6-10-17(11-7-14)25(21,22)19-16(9-8-15(2)20)13-24-18-5-3-4-12-23-18/h6-7,10-11,16,18-19H,3-5,8-9,12-13H2,1-2H3/t16-,18?/m0/s1. The van der Waals surface area contributed by atoms with Gasteiger partial charge < -0.3 is 14.3 Å². The number of Topliss-reactive ketones (excluding diaryl/α,β-unsaturated/α-hetero) is 1. The first-order valence-electron chi connectivity index (χ1n) is 8.68. The van der Waals surface area contributed by atoms with Crippen molar-refractivity contribution in [3.8, 4) is 0 Å². The first-order chi connectivity index (χ1) is 11.9. The van der Waals surface area contributed by atoms with Crippen LogP contribution in [0.15, 0.2) is 29.2 Å². The summed E-state index contributed by atoms with van der Waals surface area (Å²) >= 11 is 0. The van der Waals surface area contributed by atoms with Crippen LogP contribution in [0.1, 0.15) is 44.6 Å². The lowest BCUT2D eigenvalue weighted by Gasteiger charge is -2.25. The van der Waals surface area contributed by atoms with Crippen LogP contribution in [-0.4, -0.2) is 39.7 Å². The Balaban J connectivity index is 2.00. The summed E-state index contributed by atoms with van der Waals surface area (Å²) in [4.78, 5) is 11.5.